The Hall–Kier alpha value is -1.99. The molecule has 2 heterocycles. The maximum atomic E-state index is 12.3. The van der Waals surface area contributed by atoms with Gasteiger partial charge in [0.05, 0.1) is 10.6 Å². The first-order valence-corrected chi connectivity index (χ1v) is 10.2. The van der Waals surface area contributed by atoms with Crippen LogP contribution in [0.1, 0.15) is 41.3 Å². The minimum Gasteiger partial charge on any atom is -0.337 e. The van der Waals surface area contributed by atoms with E-state index in [0.29, 0.717) is 22.2 Å². The van der Waals surface area contributed by atoms with Gasteiger partial charge in [-0.15, -0.1) is 0 Å². The van der Waals surface area contributed by atoms with Crippen molar-refractivity contribution in [2.75, 3.05) is 0 Å². The van der Waals surface area contributed by atoms with Crippen LogP contribution in [0.4, 0.5) is 0 Å². The zero-order valence-electron chi connectivity index (χ0n) is 15.3. The van der Waals surface area contributed by atoms with E-state index in [1.807, 2.05) is 42.7 Å². The van der Waals surface area contributed by atoms with E-state index in [4.69, 9.17) is 23.2 Å². The Kier molecular flexibility index (Phi) is 6.67. The second-order valence-electron chi connectivity index (χ2n) is 6.55. The molecule has 0 fully saturated rings. The van der Waals surface area contributed by atoms with Gasteiger partial charge in [-0.3, -0.25) is 15.0 Å². The van der Waals surface area contributed by atoms with Crippen LogP contribution >= 0.6 is 35.0 Å². The first-order chi connectivity index (χ1) is 13.4. The molecule has 3 aromatic rings. The molecule has 0 atom stereocenters. The van der Waals surface area contributed by atoms with E-state index in [1.165, 1.54) is 11.8 Å². The quantitative estimate of drug-likeness (QED) is 0.388. The number of hydroxylamine groups is 1. The van der Waals surface area contributed by atoms with Crippen LogP contribution in [0.2, 0.25) is 10.0 Å². The molecule has 2 aromatic heterocycles. The maximum absolute atomic E-state index is 12.3. The summed E-state index contributed by atoms with van der Waals surface area (Å²) in [5.41, 5.74) is 4.07. The predicted octanol–water partition coefficient (Wildman–Crippen LogP) is 5.63. The molecule has 5 nitrogen and oxygen atoms in total. The molecular weight excluding hydrogens is 417 g/mol. The number of hydrogen-bond donors (Lipinski definition) is 2. The van der Waals surface area contributed by atoms with Gasteiger partial charge in [0.2, 0.25) is 0 Å². The third-order valence-corrected chi connectivity index (χ3v) is 5.70. The number of rotatable bonds is 6. The van der Waals surface area contributed by atoms with E-state index in [-0.39, 0.29) is 5.92 Å². The van der Waals surface area contributed by atoms with Gasteiger partial charge in [0.25, 0.3) is 5.91 Å². The molecule has 0 saturated heterocycles. The fraction of sp³-hybridized carbons (Fsp3) is 0.200. The Labute approximate surface area is 177 Å². The van der Waals surface area contributed by atoms with Gasteiger partial charge in [0.1, 0.15) is 0 Å². The summed E-state index contributed by atoms with van der Waals surface area (Å²) in [6.07, 6.45) is 5.22. The summed E-state index contributed by atoms with van der Waals surface area (Å²) in [6.45, 7) is 4.57. The average molecular weight is 436 g/mol. The SMILES string of the molecule is CC(C)c1c(C(=O)NO)cn(Cc2ccncc2)c1Sc1cc(Cl)cc(Cl)c1. The standard InChI is InChI=1S/C20H19Cl2N3O2S/c1-12(2)18-17(19(26)24-27)11-25(10-13-3-5-23-6-4-13)20(18)28-16-8-14(21)7-15(22)9-16/h3-9,11-12,27H,10H2,1-2H3,(H,24,26). The number of carbonyl (C=O) groups is 1. The second kappa shape index (κ2) is 9.01. The molecule has 8 heteroatoms. The van der Waals surface area contributed by atoms with E-state index in [9.17, 15) is 10.0 Å². The van der Waals surface area contributed by atoms with Crippen molar-refractivity contribution in [3.63, 3.8) is 0 Å². The van der Waals surface area contributed by atoms with Gasteiger partial charge in [0.15, 0.2) is 0 Å². The molecule has 0 bridgehead atoms. The Morgan fingerprint density at radius 3 is 2.43 bits per heavy atom. The van der Waals surface area contributed by atoms with Gasteiger partial charge < -0.3 is 4.57 Å². The van der Waals surface area contributed by atoms with Crippen LogP contribution < -0.4 is 5.48 Å². The van der Waals surface area contributed by atoms with Crippen LogP contribution in [-0.2, 0) is 6.54 Å². The highest BCUT2D eigenvalue weighted by Gasteiger charge is 2.24. The molecule has 0 radical (unpaired) electrons. The van der Waals surface area contributed by atoms with Crippen LogP contribution in [0.15, 0.2) is 58.8 Å². The minimum atomic E-state index is -0.539. The zero-order valence-corrected chi connectivity index (χ0v) is 17.6. The zero-order chi connectivity index (χ0) is 20.3. The molecule has 0 unspecified atom stereocenters. The Morgan fingerprint density at radius 1 is 1.21 bits per heavy atom. The van der Waals surface area contributed by atoms with E-state index in [2.05, 4.69) is 4.98 Å². The maximum Gasteiger partial charge on any atom is 0.276 e. The molecule has 2 N–H and O–H groups in total. The van der Waals surface area contributed by atoms with Crippen molar-refractivity contribution in [3.05, 3.63) is 75.7 Å². The van der Waals surface area contributed by atoms with Crippen LogP contribution in [-0.4, -0.2) is 20.7 Å². The molecule has 0 aliphatic rings. The third-order valence-electron chi connectivity index (χ3n) is 4.14. The molecule has 1 amide bonds. The van der Waals surface area contributed by atoms with Crippen molar-refractivity contribution in [1.29, 1.82) is 0 Å². The highest BCUT2D eigenvalue weighted by molar-refractivity contribution is 7.99. The van der Waals surface area contributed by atoms with Gasteiger partial charge in [-0.2, -0.15) is 0 Å². The molecule has 0 aliphatic heterocycles. The second-order valence-corrected chi connectivity index (χ2v) is 8.48. The number of pyridine rings is 1. The first-order valence-electron chi connectivity index (χ1n) is 8.59. The summed E-state index contributed by atoms with van der Waals surface area (Å²) < 4.78 is 1.99. The van der Waals surface area contributed by atoms with Crippen molar-refractivity contribution in [1.82, 2.24) is 15.0 Å². The lowest BCUT2D eigenvalue weighted by atomic mass is 10.0. The normalized spacial score (nSPS) is 11.1. The largest absolute Gasteiger partial charge is 0.337 e. The lowest BCUT2D eigenvalue weighted by Crippen LogP contribution is -2.19. The highest BCUT2D eigenvalue weighted by atomic mass is 35.5. The number of hydrogen-bond acceptors (Lipinski definition) is 4. The summed E-state index contributed by atoms with van der Waals surface area (Å²) in [5.74, 6) is -0.480. The van der Waals surface area contributed by atoms with Gasteiger partial charge in [0, 0.05) is 40.1 Å². The fourth-order valence-electron chi connectivity index (χ4n) is 2.97. The summed E-state index contributed by atoms with van der Waals surface area (Å²) in [5, 5.41) is 11.2. The van der Waals surface area contributed by atoms with Crippen LogP contribution in [0.5, 0.6) is 0 Å². The summed E-state index contributed by atoms with van der Waals surface area (Å²) in [4.78, 5) is 17.2. The van der Waals surface area contributed by atoms with Gasteiger partial charge in [-0.25, -0.2) is 5.48 Å². The fourth-order valence-corrected chi connectivity index (χ4v) is 4.91. The topological polar surface area (TPSA) is 67.2 Å². The molecule has 28 heavy (non-hydrogen) atoms. The van der Waals surface area contributed by atoms with Gasteiger partial charge in [-0.05, 0) is 47.4 Å². The Morgan fingerprint density at radius 2 is 1.86 bits per heavy atom. The Balaban J connectivity index is 2.12. The van der Waals surface area contributed by atoms with E-state index in [1.54, 1.807) is 30.1 Å². The molecule has 3 rings (SSSR count). The summed E-state index contributed by atoms with van der Waals surface area (Å²) >= 11 is 13.8. The molecule has 1 aromatic carbocycles. The number of aromatic nitrogens is 2. The smallest absolute Gasteiger partial charge is 0.276 e. The number of carbonyl (C=O) groups excluding carboxylic acids is 1. The van der Waals surface area contributed by atoms with Crippen molar-refractivity contribution >= 4 is 40.9 Å². The van der Waals surface area contributed by atoms with E-state index >= 15 is 0 Å². The van der Waals surface area contributed by atoms with Crippen LogP contribution in [0, 0.1) is 0 Å². The van der Waals surface area contributed by atoms with Crippen molar-refractivity contribution < 1.29 is 10.0 Å². The van der Waals surface area contributed by atoms with E-state index < -0.39 is 5.91 Å². The van der Waals surface area contributed by atoms with Gasteiger partial charge in [-0.1, -0.05) is 48.8 Å². The van der Waals surface area contributed by atoms with Crippen LogP contribution in [0.3, 0.4) is 0 Å². The number of halogens is 2. The average Bonchev–Trinajstić information content (AvgIpc) is 2.99. The van der Waals surface area contributed by atoms with Crippen LogP contribution in [0.25, 0.3) is 0 Å². The monoisotopic (exact) mass is 435 g/mol. The van der Waals surface area contributed by atoms with Crippen molar-refractivity contribution in [3.8, 4) is 0 Å². The van der Waals surface area contributed by atoms with E-state index in [0.717, 1.165) is 21.0 Å². The number of nitrogens with one attached hydrogen (secondary N) is 1. The number of benzene rings is 1. The summed E-state index contributed by atoms with van der Waals surface area (Å²) in [6, 6.07) is 9.18. The lowest BCUT2D eigenvalue weighted by molar-refractivity contribution is 0.0705. The third kappa shape index (κ3) is 4.70. The highest BCUT2D eigenvalue weighted by Crippen LogP contribution is 2.39. The molecule has 146 valence electrons. The Bertz CT molecular complexity index is 970. The number of amides is 1. The minimum absolute atomic E-state index is 0.0585. The predicted molar refractivity (Wildman–Crippen MR) is 112 cm³/mol. The molecule has 0 spiro atoms. The van der Waals surface area contributed by atoms with Gasteiger partial charge >= 0.3 is 0 Å². The lowest BCUT2D eigenvalue weighted by Gasteiger charge is -2.14. The molecule has 0 aliphatic carbocycles. The van der Waals surface area contributed by atoms with Crippen molar-refractivity contribution in [2.24, 2.45) is 0 Å². The molecular formula is C20H19Cl2N3O2S. The number of nitrogens with zero attached hydrogens (tertiary/aromatic N) is 2. The van der Waals surface area contributed by atoms with Crippen molar-refractivity contribution in [2.45, 2.75) is 36.2 Å². The summed E-state index contributed by atoms with van der Waals surface area (Å²) in [7, 11) is 0. The first kappa shape index (κ1) is 20.7. The molecule has 0 saturated carbocycles.